The van der Waals surface area contributed by atoms with Gasteiger partial charge in [0.05, 0.1) is 6.54 Å². The molecule has 0 rings (SSSR count). The second kappa shape index (κ2) is 5.84. The van der Waals surface area contributed by atoms with Gasteiger partial charge < -0.3 is 16.4 Å². The molecule has 0 heterocycles. The summed E-state index contributed by atoms with van der Waals surface area (Å²) < 4.78 is 0. The van der Waals surface area contributed by atoms with Crippen LogP contribution in [0, 0.1) is 5.92 Å². The molecular formula is C11H23N3O2. The van der Waals surface area contributed by atoms with Gasteiger partial charge in [-0.25, -0.2) is 0 Å². The third-order valence-electron chi connectivity index (χ3n) is 1.89. The predicted octanol–water partition coefficient (Wildman–Crippen LogP) is 0.0837. The van der Waals surface area contributed by atoms with Crippen molar-refractivity contribution in [3.8, 4) is 0 Å². The highest BCUT2D eigenvalue weighted by atomic mass is 16.2. The van der Waals surface area contributed by atoms with E-state index in [-0.39, 0.29) is 18.9 Å². The molecule has 0 fully saturated rings. The summed E-state index contributed by atoms with van der Waals surface area (Å²) in [6.07, 6.45) is 0.215. The quantitative estimate of drug-likeness (QED) is 0.676. The van der Waals surface area contributed by atoms with Gasteiger partial charge in [0.1, 0.15) is 0 Å². The average Bonchev–Trinajstić information content (AvgIpc) is 1.97. The average molecular weight is 229 g/mol. The Labute approximate surface area is 97.2 Å². The lowest BCUT2D eigenvalue weighted by molar-refractivity contribution is -0.136. The van der Waals surface area contributed by atoms with Gasteiger partial charge in [-0.15, -0.1) is 0 Å². The molecule has 2 amide bonds. The highest BCUT2D eigenvalue weighted by Crippen LogP contribution is 2.08. The number of carbonyl (C=O) groups excluding carboxylic acids is 2. The smallest absolute Gasteiger partial charge is 0.237 e. The molecule has 0 aliphatic rings. The van der Waals surface area contributed by atoms with Gasteiger partial charge >= 0.3 is 0 Å². The van der Waals surface area contributed by atoms with Crippen molar-refractivity contribution in [1.29, 1.82) is 0 Å². The van der Waals surface area contributed by atoms with Crippen LogP contribution in [-0.2, 0) is 9.59 Å². The summed E-state index contributed by atoms with van der Waals surface area (Å²) in [4.78, 5) is 24.2. The van der Waals surface area contributed by atoms with Crippen molar-refractivity contribution in [2.24, 2.45) is 17.4 Å². The van der Waals surface area contributed by atoms with Crippen LogP contribution in [0.15, 0.2) is 0 Å². The number of carbonyl (C=O) groups is 2. The lowest BCUT2D eigenvalue weighted by Gasteiger charge is -2.27. The monoisotopic (exact) mass is 229 g/mol. The molecule has 0 aromatic carbocycles. The van der Waals surface area contributed by atoms with Crippen LogP contribution in [0.5, 0.6) is 0 Å². The summed E-state index contributed by atoms with van der Waals surface area (Å²) in [6.45, 7) is 8.01. The van der Waals surface area contributed by atoms with E-state index in [2.05, 4.69) is 0 Å². The molecule has 0 atom stereocenters. The molecule has 0 saturated heterocycles. The second-order valence-corrected chi connectivity index (χ2v) is 5.30. The van der Waals surface area contributed by atoms with E-state index >= 15 is 0 Å². The summed E-state index contributed by atoms with van der Waals surface area (Å²) in [5.41, 5.74) is 10.3. The Kier molecular flexibility index (Phi) is 5.44. The van der Waals surface area contributed by atoms with Gasteiger partial charge in [-0.05, 0) is 19.8 Å². The summed E-state index contributed by atoms with van der Waals surface area (Å²) in [7, 11) is 0. The Bertz CT molecular complexity index is 256. The summed E-state index contributed by atoms with van der Waals surface area (Å²) >= 11 is 0. The Hall–Kier alpha value is -1.10. The maximum Gasteiger partial charge on any atom is 0.237 e. The number of hydrogen-bond donors (Lipinski definition) is 2. The molecule has 5 nitrogen and oxygen atoms in total. The van der Waals surface area contributed by atoms with E-state index in [1.54, 1.807) is 13.8 Å². The topological polar surface area (TPSA) is 89.4 Å². The zero-order chi connectivity index (χ0) is 12.9. The molecule has 4 N–H and O–H groups in total. The lowest BCUT2D eigenvalue weighted by atomic mass is 10.0. The van der Waals surface area contributed by atoms with E-state index < -0.39 is 11.4 Å². The Morgan fingerprint density at radius 2 is 1.81 bits per heavy atom. The number of amides is 2. The Balaban J connectivity index is 4.49. The van der Waals surface area contributed by atoms with Gasteiger partial charge in [0.15, 0.2) is 0 Å². The maximum absolute atomic E-state index is 11.9. The SMILES string of the molecule is CC(C)CN(CC(N)=O)C(=O)CC(C)(C)N. The zero-order valence-electron chi connectivity index (χ0n) is 10.6. The number of hydrogen-bond acceptors (Lipinski definition) is 3. The van der Waals surface area contributed by atoms with Gasteiger partial charge in [0.2, 0.25) is 11.8 Å². The minimum atomic E-state index is -0.566. The number of nitrogens with zero attached hydrogens (tertiary/aromatic N) is 1. The van der Waals surface area contributed by atoms with Gasteiger partial charge in [-0.1, -0.05) is 13.8 Å². The third-order valence-corrected chi connectivity index (χ3v) is 1.89. The van der Waals surface area contributed by atoms with Crippen molar-refractivity contribution in [2.75, 3.05) is 13.1 Å². The van der Waals surface area contributed by atoms with E-state index in [1.807, 2.05) is 13.8 Å². The van der Waals surface area contributed by atoms with Crippen LogP contribution >= 0.6 is 0 Å². The fraction of sp³-hybridized carbons (Fsp3) is 0.818. The van der Waals surface area contributed by atoms with Crippen LogP contribution in [-0.4, -0.2) is 35.3 Å². The normalized spacial score (nSPS) is 11.6. The highest BCUT2D eigenvalue weighted by molar-refractivity contribution is 5.84. The minimum absolute atomic E-state index is 0.0346. The maximum atomic E-state index is 11.9. The largest absolute Gasteiger partial charge is 0.368 e. The molecule has 94 valence electrons. The number of nitrogens with two attached hydrogens (primary N) is 2. The number of rotatable bonds is 6. The molecule has 0 saturated carbocycles. The fourth-order valence-electron chi connectivity index (χ4n) is 1.38. The Morgan fingerprint density at radius 1 is 1.31 bits per heavy atom. The van der Waals surface area contributed by atoms with Gasteiger partial charge in [0.25, 0.3) is 0 Å². The van der Waals surface area contributed by atoms with Crippen molar-refractivity contribution in [1.82, 2.24) is 4.90 Å². The van der Waals surface area contributed by atoms with Gasteiger partial charge in [0, 0.05) is 18.5 Å². The van der Waals surface area contributed by atoms with Crippen molar-refractivity contribution in [3.05, 3.63) is 0 Å². The van der Waals surface area contributed by atoms with E-state index in [4.69, 9.17) is 11.5 Å². The fourth-order valence-corrected chi connectivity index (χ4v) is 1.38. The first kappa shape index (κ1) is 14.9. The van der Waals surface area contributed by atoms with Crippen molar-refractivity contribution < 1.29 is 9.59 Å². The van der Waals surface area contributed by atoms with Crippen molar-refractivity contribution >= 4 is 11.8 Å². The standard InChI is InChI=1S/C11H23N3O2/c1-8(2)6-14(7-9(12)15)10(16)5-11(3,4)13/h8H,5-7,13H2,1-4H3,(H2,12,15). The van der Waals surface area contributed by atoms with Crippen LogP contribution in [0.1, 0.15) is 34.1 Å². The number of primary amides is 1. The highest BCUT2D eigenvalue weighted by Gasteiger charge is 2.23. The molecule has 0 unspecified atom stereocenters. The van der Waals surface area contributed by atoms with Gasteiger partial charge in [-0.2, -0.15) is 0 Å². The molecule has 0 aromatic rings. The first-order chi connectivity index (χ1) is 7.11. The molecule has 0 aliphatic heterocycles. The summed E-state index contributed by atoms with van der Waals surface area (Å²) in [6, 6.07) is 0. The van der Waals surface area contributed by atoms with Crippen LogP contribution < -0.4 is 11.5 Å². The lowest BCUT2D eigenvalue weighted by Crippen LogP contribution is -2.45. The van der Waals surface area contributed by atoms with Gasteiger partial charge in [-0.3, -0.25) is 9.59 Å². The predicted molar refractivity (Wildman–Crippen MR) is 63.5 cm³/mol. The van der Waals surface area contributed by atoms with E-state index in [0.29, 0.717) is 12.5 Å². The van der Waals surface area contributed by atoms with Crippen molar-refractivity contribution in [2.45, 2.75) is 39.7 Å². The minimum Gasteiger partial charge on any atom is -0.368 e. The molecular weight excluding hydrogens is 206 g/mol. The second-order valence-electron chi connectivity index (χ2n) is 5.30. The van der Waals surface area contributed by atoms with E-state index in [9.17, 15) is 9.59 Å². The summed E-state index contributed by atoms with van der Waals surface area (Å²) in [5.74, 6) is -0.326. The van der Waals surface area contributed by atoms with E-state index in [0.717, 1.165) is 0 Å². The van der Waals surface area contributed by atoms with Crippen LogP contribution in [0.25, 0.3) is 0 Å². The van der Waals surface area contributed by atoms with Crippen LogP contribution in [0.3, 0.4) is 0 Å². The molecule has 0 aliphatic carbocycles. The van der Waals surface area contributed by atoms with Crippen LogP contribution in [0.4, 0.5) is 0 Å². The van der Waals surface area contributed by atoms with Crippen LogP contribution in [0.2, 0.25) is 0 Å². The molecule has 0 bridgehead atoms. The van der Waals surface area contributed by atoms with E-state index in [1.165, 1.54) is 4.90 Å². The first-order valence-electron chi connectivity index (χ1n) is 5.47. The molecule has 16 heavy (non-hydrogen) atoms. The molecule has 5 heteroatoms. The Morgan fingerprint density at radius 3 is 2.12 bits per heavy atom. The molecule has 0 aromatic heterocycles. The third kappa shape index (κ3) is 7.23. The van der Waals surface area contributed by atoms with Crippen molar-refractivity contribution in [3.63, 3.8) is 0 Å². The zero-order valence-corrected chi connectivity index (χ0v) is 10.6. The molecule has 0 radical (unpaired) electrons. The molecule has 0 spiro atoms. The first-order valence-corrected chi connectivity index (χ1v) is 5.47. The summed E-state index contributed by atoms with van der Waals surface area (Å²) in [5, 5.41) is 0.